The first-order chi connectivity index (χ1) is 9.31. The van der Waals surface area contributed by atoms with Crippen molar-refractivity contribution in [1.82, 2.24) is 14.9 Å². The number of piperazine rings is 1. The summed E-state index contributed by atoms with van der Waals surface area (Å²) >= 11 is 0. The van der Waals surface area contributed by atoms with Crippen molar-refractivity contribution in [2.45, 2.75) is 19.3 Å². The maximum Gasteiger partial charge on any atom is 0.225 e. The van der Waals surface area contributed by atoms with Crippen LogP contribution in [-0.2, 0) is 4.79 Å². The van der Waals surface area contributed by atoms with Crippen LogP contribution in [0.3, 0.4) is 0 Å². The first-order valence-corrected chi connectivity index (χ1v) is 6.81. The van der Waals surface area contributed by atoms with Crippen LogP contribution in [0.5, 0.6) is 0 Å². The molecule has 6 nitrogen and oxygen atoms in total. The third-order valence-electron chi connectivity index (χ3n) is 3.31. The number of unbranched alkanes of at least 4 members (excludes halogenated alkanes) is 1. The largest absolute Gasteiger partial charge is 0.339 e. The van der Waals surface area contributed by atoms with Gasteiger partial charge in [-0.2, -0.15) is 0 Å². The maximum absolute atomic E-state index is 12.0. The lowest BCUT2D eigenvalue weighted by molar-refractivity contribution is -0.131. The summed E-state index contributed by atoms with van der Waals surface area (Å²) in [7, 11) is 0. The molecule has 0 saturated carbocycles. The van der Waals surface area contributed by atoms with Crippen molar-refractivity contribution < 1.29 is 4.79 Å². The zero-order valence-corrected chi connectivity index (χ0v) is 11.2. The summed E-state index contributed by atoms with van der Waals surface area (Å²) in [5, 5.41) is 0. The van der Waals surface area contributed by atoms with Crippen molar-refractivity contribution >= 4 is 11.9 Å². The Bertz CT molecular complexity index is 389. The Hall–Kier alpha value is -1.69. The Kier molecular flexibility index (Phi) is 5.09. The highest BCUT2D eigenvalue weighted by molar-refractivity contribution is 5.76. The molecule has 0 atom stereocenters. The molecule has 0 spiro atoms. The van der Waals surface area contributed by atoms with Gasteiger partial charge in [0.1, 0.15) is 0 Å². The average Bonchev–Trinajstić information content (AvgIpc) is 2.48. The molecule has 1 aromatic rings. The second-order valence-electron chi connectivity index (χ2n) is 4.66. The van der Waals surface area contributed by atoms with Crippen LogP contribution in [0.4, 0.5) is 5.95 Å². The highest BCUT2D eigenvalue weighted by Crippen LogP contribution is 2.11. The van der Waals surface area contributed by atoms with E-state index in [9.17, 15) is 4.79 Å². The van der Waals surface area contributed by atoms with Gasteiger partial charge in [0.15, 0.2) is 0 Å². The fourth-order valence-corrected chi connectivity index (χ4v) is 2.19. The van der Waals surface area contributed by atoms with Gasteiger partial charge in [0, 0.05) is 45.0 Å². The van der Waals surface area contributed by atoms with E-state index in [2.05, 4.69) is 14.9 Å². The molecule has 0 aromatic carbocycles. The molecule has 1 amide bonds. The fourth-order valence-electron chi connectivity index (χ4n) is 2.19. The number of aromatic nitrogens is 2. The summed E-state index contributed by atoms with van der Waals surface area (Å²) in [4.78, 5) is 24.5. The quantitative estimate of drug-likeness (QED) is 0.771. The lowest BCUT2D eigenvalue weighted by atomic mass is 10.2. The average molecular weight is 263 g/mol. The Balaban J connectivity index is 1.77. The van der Waals surface area contributed by atoms with Gasteiger partial charge in [0.05, 0.1) is 0 Å². The Morgan fingerprint density at radius 3 is 2.47 bits per heavy atom. The number of hydrogen-bond acceptors (Lipinski definition) is 5. The van der Waals surface area contributed by atoms with E-state index in [1.165, 1.54) is 0 Å². The molecule has 2 heterocycles. The van der Waals surface area contributed by atoms with E-state index in [4.69, 9.17) is 5.73 Å². The molecule has 0 bridgehead atoms. The summed E-state index contributed by atoms with van der Waals surface area (Å²) in [5.74, 6) is 0.986. The number of hydrogen-bond donors (Lipinski definition) is 1. The van der Waals surface area contributed by atoms with Crippen LogP contribution in [0.1, 0.15) is 19.3 Å². The molecule has 2 N–H and O–H groups in total. The number of carbonyl (C=O) groups is 1. The normalized spacial score (nSPS) is 15.6. The topological polar surface area (TPSA) is 75.4 Å². The van der Waals surface area contributed by atoms with Gasteiger partial charge in [-0.25, -0.2) is 9.97 Å². The number of amides is 1. The van der Waals surface area contributed by atoms with E-state index in [0.29, 0.717) is 13.0 Å². The minimum Gasteiger partial charge on any atom is -0.339 e. The van der Waals surface area contributed by atoms with Gasteiger partial charge in [-0.3, -0.25) is 4.79 Å². The van der Waals surface area contributed by atoms with Crippen molar-refractivity contribution in [3.8, 4) is 0 Å². The molecular formula is C13H21N5O. The van der Waals surface area contributed by atoms with Gasteiger partial charge < -0.3 is 15.5 Å². The molecule has 1 saturated heterocycles. The Labute approximate surface area is 113 Å². The maximum atomic E-state index is 12.0. The van der Waals surface area contributed by atoms with Gasteiger partial charge >= 0.3 is 0 Å². The van der Waals surface area contributed by atoms with Crippen molar-refractivity contribution in [1.29, 1.82) is 0 Å². The van der Waals surface area contributed by atoms with Crippen molar-refractivity contribution in [3.63, 3.8) is 0 Å². The molecule has 19 heavy (non-hydrogen) atoms. The predicted molar refractivity (Wildman–Crippen MR) is 73.7 cm³/mol. The van der Waals surface area contributed by atoms with Gasteiger partial charge in [-0.05, 0) is 25.5 Å². The van der Waals surface area contributed by atoms with Crippen molar-refractivity contribution in [2.75, 3.05) is 37.6 Å². The molecule has 1 aliphatic rings. The van der Waals surface area contributed by atoms with E-state index in [1.54, 1.807) is 18.5 Å². The zero-order chi connectivity index (χ0) is 13.5. The van der Waals surface area contributed by atoms with E-state index in [0.717, 1.165) is 45.0 Å². The summed E-state index contributed by atoms with van der Waals surface area (Å²) in [6, 6.07) is 1.81. The summed E-state index contributed by atoms with van der Waals surface area (Å²) in [6.45, 7) is 3.76. The molecule has 1 aromatic heterocycles. The summed E-state index contributed by atoms with van der Waals surface area (Å²) in [6.07, 6.45) is 5.90. The number of nitrogens with two attached hydrogens (primary N) is 1. The second kappa shape index (κ2) is 7.04. The molecule has 6 heteroatoms. The van der Waals surface area contributed by atoms with Crippen LogP contribution >= 0.6 is 0 Å². The third-order valence-corrected chi connectivity index (χ3v) is 3.31. The minimum atomic E-state index is 0.238. The Morgan fingerprint density at radius 1 is 1.16 bits per heavy atom. The minimum absolute atomic E-state index is 0.238. The van der Waals surface area contributed by atoms with Gasteiger partial charge in [-0.1, -0.05) is 0 Å². The summed E-state index contributed by atoms with van der Waals surface area (Å²) < 4.78 is 0. The van der Waals surface area contributed by atoms with Gasteiger partial charge in [0.25, 0.3) is 0 Å². The first-order valence-electron chi connectivity index (χ1n) is 6.81. The van der Waals surface area contributed by atoms with Crippen LogP contribution in [0.15, 0.2) is 18.5 Å². The molecule has 0 unspecified atom stereocenters. The van der Waals surface area contributed by atoms with Crippen molar-refractivity contribution in [2.24, 2.45) is 5.73 Å². The number of anilines is 1. The Morgan fingerprint density at radius 2 is 1.84 bits per heavy atom. The van der Waals surface area contributed by atoms with Gasteiger partial charge in [-0.15, -0.1) is 0 Å². The van der Waals surface area contributed by atoms with E-state index < -0.39 is 0 Å². The lowest BCUT2D eigenvalue weighted by Crippen LogP contribution is -2.49. The van der Waals surface area contributed by atoms with Gasteiger partial charge in [0.2, 0.25) is 11.9 Å². The number of carbonyl (C=O) groups excluding carboxylic acids is 1. The van der Waals surface area contributed by atoms with Crippen LogP contribution < -0.4 is 10.6 Å². The van der Waals surface area contributed by atoms with Crippen molar-refractivity contribution in [3.05, 3.63) is 18.5 Å². The molecule has 0 aliphatic carbocycles. The predicted octanol–water partition coefficient (Wildman–Crippen LogP) is 0.254. The third kappa shape index (κ3) is 3.89. The highest BCUT2D eigenvalue weighted by Gasteiger charge is 2.21. The molecule has 104 valence electrons. The number of rotatable bonds is 5. The van der Waals surface area contributed by atoms with E-state index in [-0.39, 0.29) is 5.91 Å². The lowest BCUT2D eigenvalue weighted by Gasteiger charge is -2.34. The van der Waals surface area contributed by atoms with E-state index >= 15 is 0 Å². The molecule has 1 fully saturated rings. The monoisotopic (exact) mass is 263 g/mol. The molecular weight excluding hydrogens is 242 g/mol. The first kappa shape index (κ1) is 13.7. The fraction of sp³-hybridized carbons (Fsp3) is 0.615. The van der Waals surface area contributed by atoms with Crippen LogP contribution in [0, 0.1) is 0 Å². The van der Waals surface area contributed by atoms with Crippen LogP contribution in [-0.4, -0.2) is 53.5 Å². The smallest absolute Gasteiger partial charge is 0.225 e. The highest BCUT2D eigenvalue weighted by atomic mass is 16.2. The molecule has 2 rings (SSSR count). The number of nitrogens with zero attached hydrogens (tertiary/aromatic N) is 4. The molecule has 0 radical (unpaired) electrons. The summed E-state index contributed by atoms with van der Waals surface area (Å²) in [5.41, 5.74) is 5.43. The zero-order valence-electron chi connectivity index (χ0n) is 11.2. The SMILES string of the molecule is NCCCCC(=O)N1CCN(c2ncccn2)CC1. The molecule has 1 aliphatic heterocycles. The van der Waals surface area contributed by atoms with E-state index in [1.807, 2.05) is 4.90 Å². The standard InChI is InChI=1S/C13H21N5O/c14-5-2-1-4-12(19)17-8-10-18(11-9-17)13-15-6-3-7-16-13/h3,6-7H,1-2,4-5,8-11,14H2. The second-order valence-corrected chi connectivity index (χ2v) is 4.66. The van der Waals surface area contributed by atoms with Crippen LogP contribution in [0.2, 0.25) is 0 Å². The van der Waals surface area contributed by atoms with Crippen LogP contribution in [0.25, 0.3) is 0 Å².